The molecule has 17 rings (SSSR count). The first-order chi connectivity index (χ1) is 43.1. The Morgan fingerprint density at radius 3 is 0.920 bits per heavy atom. The van der Waals surface area contributed by atoms with Crippen LogP contribution in [-0.2, 0) is 0 Å². The van der Waals surface area contributed by atoms with Gasteiger partial charge in [0.15, 0.2) is 5.82 Å². The van der Waals surface area contributed by atoms with Crippen LogP contribution in [0.3, 0.4) is 0 Å². The fourth-order valence-corrected chi connectivity index (χ4v) is 13.4. The van der Waals surface area contributed by atoms with Crippen molar-refractivity contribution in [1.82, 2.24) is 23.7 Å². The lowest BCUT2D eigenvalue weighted by molar-refractivity contribution is 1.16. The zero-order valence-electron chi connectivity index (χ0n) is 47.3. The van der Waals surface area contributed by atoms with Gasteiger partial charge in [0.05, 0.1) is 50.2 Å². The molecule has 0 unspecified atom stereocenters. The number of para-hydroxylation sites is 4. The Bertz CT molecular complexity index is 5030. The van der Waals surface area contributed by atoms with Crippen LogP contribution >= 0.6 is 0 Å². The Balaban J connectivity index is 0.974. The van der Waals surface area contributed by atoms with E-state index in [0.29, 0.717) is 5.82 Å². The van der Waals surface area contributed by atoms with Crippen molar-refractivity contribution < 1.29 is 0 Å². The van der Waals surface area contributed by atoms with Crippen LogP contribution in [0.25, 0.3) is 161 Å². The molecule has 0 aliphatic rings. The van der Waals surface area contributed by atoms with Crippen LogP contribution in [0.1, 0.15) is 0 Å². The molecule has 406 valence electrons. The minimum Gasteiger partial charge on any atom is -0.309 e. The van der Waals surface area contributed by atoms with Gasteiger partial charge in [-0.3, -0.25) is 0 Å². The van der Waals surface area contributed by atoms with Crippen molar-refractivity contribution in [2.75, 3.05) is 0 Å². The Kier molecular flexibility index (Phi) is 11.8. The minimum atomic E-state index is 0.663. The molecule has 0 radical (unpaired) electrons. The van der Waals surface area contributed by atoms with E-state index in [0.717, 1.165) is 89.6 Å². The van der Waals surface area contributed by atoms with Crippen molar-refractivity contribution in [3.05, 3.63) is 322 Å². The normalized spacial score (nSPS) is 11.7. The van der Waals surface area contributed by atoms with E-state index in [-0.39, 0.29) is 0 Å². The van der Waals surface area contributed by atoms with Gasteiger partial charge in [0.1, 0.15) is 0 Å². The highest BCUT2D eigenvalue weighted by atomic mass is 15.0. The van der Waals surface area contributed by atoms with Gasteiger partial charge in [0.25, 0.3) is 0 Å². The number of nitrogens with zero attached hydrogens (tertiary/aromatic N) is 5. The summed E-state index contributed by atoms with van der Waals surface area (Å²) in [5.41, 5.74) is 23.7. The molecule has 0 spiro atoms. The molecule has 0 saturated heterocycles. The van der Waals surface area contributed by atoms with Crippen molar-refractivity contribution in [2.24, 2.45) is 0 Å². The molecule has 4 aromatic heterocycles. The van der Waals surface area contributed by atoms with Crippen molar-refractivity contribution >= 4 is 65.4 Å². The van der Waals surface area contributed by atoms with Gasteiger partial charge in [-0.25, -0.2) is 9.97 Å². The predicted molar refractivity (Wildman–Crippen MR) is 363 cm³/mol. The summed E-state index contributed by atoms with van der Waals surface area (Å²) in [6, 6.07) is 117. The number of benzene rings is 13. The summed E-state index contributed by atoms with van der Waals surface area (Å²) in [5, 5.41) is 7.26. The zero-order valence-corrected chi connectivity index (χ0v) is 47.3. The second kappa shape index (κ2) is 20.6. The molecule has 0 saturated carbocycles. The summed E-state index contributed by atoms with van der Waals surface area (Å²) >= 11 is 0. The predicted octanol–water partition coefficient (Wildman–Crippen LogP) is 21.4. The maximum atomic E-state index is 5.53. The van der Waals surface area contributed by atoms with Gasteiger partial charge >= 0.3 is 0 Å². The molecule has 0 fully saturated rings. The lowest BCUT2D eigenvalue weighted by Gasteiger charge is -2.22. The fraction of sp³-hybridized carbons (Fsp3) is 0. The van der Waals surface area contributed by atoms with Gasteiger partial charge in [0, 0.05) is 71.5 Å². The monoisotopic (exact) mass is 1110 g/mol. The van der Waals surface area contributed by atoms with Gasteiger partial charge in [-0.15, -0.1) is 0 Å². The molecule has 0 bridgehead atoms. The van der Waals surface area contributed by atoms with Crippen LogP contribution < -0.4 is 0 Å². The standard InChI is InChI=1S/C82H53N5/c1-5-21-54(22-6-1)60-41-47-79-71(49-60)72-50-61(55-23-7-2-8-24-55)42-48-80(72)87(79)81-69(56-37-43-63(44-38-56)85-75-33-17-13-29-65(75)66-30-14-18-34-76(66)85)51-62(74-53-73(58-25-9-3-10-26-58)83-82(84-74)59-27-11-4-12-28-59)52-70(81)57-39-45-64(46-40-57)86-77-35-19-15-31-67(77)68-32-16-20-36-78(68)86/h1-53H. The van der Waals surface area contributed by atoms with Crippen molar-refractivity contribution in [1.29, 1.82) is 0 Å². The van der Waals surface area contributed by atoms with Crippen LogP contribution in [0.4, 0.5) is 0 Å². The van der Waals surface area contributed by atoms with Crippen LogP contribution in [0.15, 0.2) is 322 Å². The molecule has 0 aliphatic carbocycles. The molecule has 0 N–H and O–H groups in total. The highest BCUT2D eigenvalue weighted by Crippen LogP contribution is 2.47. The van der Waals surface area contributed by atoms with E-state index in [2.05, 4.69) is 329 Å². The van der Waals surface area contributed by atoms with E-state index in [9.17, 15) is 0 Å². The van der Waals surface area contributed by atoms with Crippen LogP contribution in [0, 0.1) is 0 Å². The Labute approximate surface area is 503 Å². The summed E-state index contributed by atoms with van der Waals surface area (Å²) in [7, 11) is 0. The maximum Gasteiger partial charge on any atom is 0.160 e. The highest BCUT2D eigenvalue weighted by molar-refractivity contribution is 6.14. The first-order valence-electron chi connectivity index (χ1n) is 29.7. The van der Waals surface area contributed by atoms with Gasteiger partial charge < -0.3 is 13.7 Å². The largest absolute Gasteiger partial charge is 0.309 e. The molecule has 13 aromatic carbocycles. The van der Waals surface area contributed by atoms with E-state index < -0.39 is 0 Å². The first-order valence-corrected chi connectivity index (χ1v) is 29.7. The molecule has 87 heavy (non-hydrogen) atoms. The molecule has 0 amide bonds. The smallest absolute Gasteiger partial charge is 0.160 e. The summed E-state index contributed by atoms with van der Waals surface area (Å²) < 4.78 is 7.33. The van der Waals surface area contributed by atoms with Crippen LogP contribution in [-0.4, -0.2) is 23.7 Å². The third kappa shape index (κ3) is 8.47. The lowest BCUT2D eigenvalue weighted by Crippen LogP contribution is -2.03. The summed E-state index contributed by atoms with van der Waals surface area (Å²) in [6.45, 7) is 0. The molecule has 0 atom stereocenters. The number of hydrogen-bond acceptors (Lipinski definition) is 2. The van der Waals surface area contributed by atoms with Gasteiger partial charge in [-0.2, -0.15) is 0 Å². The molecule has 4 heterocycles. The third-order valence-corrected chi connectivity index (χ3v) is 17.5. The molecule has 5 nitrogen and oxygen atoms in total. The third-order valence-electron chi connectivity index (χ3n) is 17.5. The first kappa shape index (κ1) is 49.9. The van der Waals surface area contributed by atoms with Crippen molar-refractivity contribution in [2.45, 2.75) is 0 Å². The van der Waals surface area contributed by atoms with Crippen LogP contribution in [0.2, 0.25) is 0 Å². The lowest BCUT2D eigenvalue weighted by atomic mass is 9.91. The van der Waals surface area contributed by atoms with Crippen molar-refractivity contribution in [3.8, 4) is 95.5 Å². The number of hydrogen-bond donors (Lipinski definition) is 0. The molecular weight excluding hydrogens is 1050 g/mol. The molecule has 17 aromatic rings. The van der Waals surface area contributed by atoms with E-state index in [1.807, 2.05) is 6.07 Å². The zero-order chi connectivity index (χ0) is 57.4. The van der Waals surface area contributed by atoms with E-state index >= 15 is 0 Å². The van der Waals surface area contributed by atoms with Gasteiger partial charge in [-0.1, -0.05) is 231 Å². The second-order valence-corrected chi connectivity index (χ2v) is 22.5. The van der Waals surface area contributed by atoms with E-state index in [1.54, 1.807) is 0 Å². The SMILES string of the molecule is c1ccc(-c2ccc3c(c2)c2cc(-c4ccccc4)ccc2n3-c2c(-c3ccc(-n4c5ccccc5c5ccccc54)cc3)cc(-c3cc(-c4ccccc4)nc(-c4ccccc4)n3)cc2-c2ccc(-n3c4ccccc4c4ccccc43)cc2)cc1. The fourth-order valence-electron chi connectivity index (χ4n) is 13.4. The summed E-state index contributed by atoms with van der Waals surface area (Å²) in [4.78, 5) is 10.8. The minimum absolute atomic E-state index is 0.663. The maximum absolute atomic E-state index is 5.53. The number of rotatable bonds is 10. The second-order valence-electron chi connectivity index (χ2n) is 22.5. The number of fused-ring (bicyclic) bond motifs is 9. The molecule has 0 aliphatic heterocycles. The Morgan fingerprint density at radius 1 is 0.195 bits per heavy atom. The van der Waals surface area contributed by atoms with E-state index in [1.165, 1.54) is 65.5 Å². The average molecular weight is 1110 g/mol. The Morgan fingerprint density at radius 2 is 0.517 bits per heavy atom. The van der Waals surface area contributed by atoms with Crippen LogP contribution in [0.5, 0.6) is 0 Å². The molecule has 5 heteroatoms. The summed E-state index contributed by atoms with van der Waals surface area (Å²) in [6.07, 6.45) is 0. The Hall–Kier alpha value is -11.7. The van der Waals surface area contributed by atoms with Gasteiger partial charge in [0.2, 0.25) is 0 Å². The quantitative estimate of drug-likeness (QED) is 0.137. The summed E-state index contributed by atoms with van der Waals surface area (Å²) in [5.74, 6) is 0.663. The molecular formula is C82H53N5. The average Bonchev–Trinajstić information content (AvgIpc) is 2.85. The number of aromatic nitrogens is 5. The van der Waals surface area contributed by atoms with Crippen molar-refractivity contribution in [3.63, 3.8) is 0 Å². The topological polar surface area (TPSA) is 40.6 Å². The highest BCUT2D eigenvalue weighted by Gasteiger charge is 2.25. The van der Waals surface area contributed by atoms with Gasteiger partial charge in [-0.05, 0) is 124 Å². The van der Waals surface area contributed by atoms with E-state index in [4.69, 9.17) is 9.97 Å².